The predicted octanol–water partition coefficient (Wildman–Crippen LogP) is 2.76. The van der Waals surface area contributed by atoms with Crippen LogP contribution in [0.2, 0.25) is 0 Å². The van der Waals surface area contributed by atoms with Crippen LogP contribution in [0.3, 0.4) is 0 Å². The van der Waals surface area contributed by atoms with Gasteiger partial charge >= 0.3 is 11.9 Å². The van der Waals surface area contributed by atoms with E-state index in [0.717, 1.165) is 0 Å². The van der Waals surface area contributed by atoms with Gasteiger partial charge in [-0.2, -0.15) is 0 Å². The Labute approximate surface area is 150 Å². The van der Waals surface area contributed by atoms with Gasteiger partial charge in [-0.05, 0) is 24.3 Å². The van der Waals surface area contributed by atoms with E-state index in [4.69, 9.17) is 0 Å². The van der Waals surface area contributed by atoms with Crippen LogP contribution in [0.15, 0.2) is 67.3 Å². The zero-order chi connectivity index (χ0) is 18.9. The minimum absolute atomic E-state index is 0.00519. The van der Waals surface area contributed by atoms with Gasteiger partial charge in [0.05, 0.1) is 25.3 Å². The summed E-state index contributed by atoms with van der Waals surface area (Å²) >= 11 is 0. The number of esters is 2. The van der Waals surface area contributed by atoms with Crippen molar-refractivity contribution in [3.05, 3.63) is 83.9 Å². The monoisotopic (exact) mass is 354 g/mol. The number of methoxy groups -OCH3 is 2. The highest BCUT2D eigenvalue weighted by Crippen LogP contribution is 2.10. The van der Waals surface area contributed by atoms with Gasteiger partial charge in [0.15, 0.2) is 0 Å². The number of aromatic nitrogens is 2. The van der Waals surface area contributed by atoms with Crippen LogP contribution in [0.25, 0.3) is 0 Å². The molecular formula is C19H18N2O5. The largest absolute Gasteiger partial charge is 0.465 e. The molecule has 0 saturated heterocycles. The molecule has 7 heteroatoms. The SMILES string of the molecule is COC(=O)c1c[nH]cc1C(=O)OC.O=C(c1ccccc1)n1cccc1. The Morgan fingerprint density at radius 1 is 0.808 bits per heavy atom. The number of carbonyl (C=O) groups is 3. The molecule has 0 aliphatic heterocycles. The molecule has 0 aliphatic rings. The van der Waals surface area contributed by atoms with E-state index < -0.39 is 11.9 Å². The average molecular weight is 354 g/mol. The Kier molecular flexibility index (Phi) is 6.50. The molecular weight excluding hydrogens is 336 g/mol. The van der Waals surface area contributed by atoms with Crippen molar-refractivity contribution in [2.45, 2.75) is 0 Å². The third-order valence-corrected chi connectivity index (χ3v) is 3.42. The van der Waals surface area contributed by atoms with Crippen LogP contribution in [-0.2, 0) is 9.47 Å². The second-order valence-electron chi connectivity index (χ2n) is 5.03. The molecule has 3 aromatic rings. The number of hydrogen-bond donors (Lipinski definition) is 1. The fourth-order valence-electron chi connectivity index (χ4n) is 2.12. The van der Waals surface area contributed by atoms with E-state index in [0.29, 0.717) is 5.56 Å². The second kappa shape index (κ2) is 9.03. The summed E-state index contributed by atoms with van der Waals surface area (Å²) in [6, 6.07) is 12.9. The summed E-state index contributed by atoms with van der Waals surface area (Å²) in [5, 5.41) is 0. The summed E-state index contributed by atoms with van der Waals surface area (Å²) in [7, 11) is 2.49. The van der Waals surface area contributed by atoms with E-state index in [-0.39, 0.29) is 17.0 Å². The van der Waals surface area contributed by atoms with Crippen LogP contribution in [0.5, 0.6) is 0 Å². The van der Waals surface area contributed by atoms with Crippen LogP contribution < -0.4 is 0 Å². The highest BCUT2D eigenvalue weighted by Gasteiger charge is 2.18. The first-order valence-corrected chi connectivity index (χ1v) is 7.64. The summed E-state index contributed by atoms with van der Waals surface area (Å²) in [6.07, 6.45) is 6.26. The number of benzene rings is 1. The topological polar surface area (TPSA) is 90.4 Å². The molecule has 0 saturated carbocycles. The van der Waals surface area contributed by atoms with Crippen molar-refractivity contribution in [3.8, 4) is 0 Å². The molecule has 1 aromatic carbocycles. The first kappa shape index (κ1) is 18.7. The number of rotatable bonds is 3. The molecule has 0 bridgehead atoms. The molecule has 134 valence electrons. The van der Waals surface area contributed by atoms with Gasteiger partial charge < -0.3 is 14.5 Å². The van der Waals surface area contributed by atoms with Crippen LogP contribution >= 0.6 is 0 Å². The Morgan fingerprint density at radius 3 is 1.77 bits per heavy atom. The third-order valence-electron chi connectivity index (χ3n) is 3.42. The number of carbonyl (C=O) groups excluding carboxylic acids is 3. The van der Waals surface area contributed by atoms with Gasteiger partial charge in [0, 0.05) is 30.4 Å². The van der Waals surface area contributed by atoms with Crippen molar-refractivity contribution in [1.82, 2.24) is 9.55 Å². The predicted molar refractivity (Wildman–Crippen MR) is 94.1 cm³/mol. The van der Waals surface area contributed by atoms with E-state index in [9.17, 15) is 14.4 Å². The summed E-state index contributed by atoms with van der Waals surface area (Å²) < 4.78 is 10.5. The molecule has 0 aliphatic carbocycles. The zero-order valence-corrected chi connectivity index (χ0v) is 14.3. The Bertz CT molecular complexity index is 836. The molecule has 3 rings (SSSR count). The van der Waals surface area contributed by atoms with Crippen LogP contribution in [-0.4, -0.2) is 41.6 Å². The van der Waals surface area contributed by atoms with E-state index in [1.807, 2.05) is 42.5 Å². The Balaban J connectivity index is 0.000000187. The fraction of sp³-hybridized carbons (Fsp3) is 0.105. The molecule has 0 unspecified atom stereocenters. The number of aromatic amines is 1. The highest BCUT2D eigenvalue weighted by molar-refractivity contribution is 6.02. The quantitative estimate of drug-likeness (QED) is 0.731. The molecule has 26 heavy (non-hydrogen) atoms. The van der Waals surface area contributed by atoms with Gasteiger partial charge in [-0.25, -0.2) is 9.59 Å². The molecule has 0 fully saturated rings. The standard InChI is InChI=1S/C11H9NO.C8H9NO4/c13-11(12-8-4-5-9-12)10-6-2-1-3-7-10;1-12-7(10)5-3-9-4-6(5)8(11)13-2/h1-9H;3-4,9H,1-2H3. The van der Waals surface area contributed by atoms with E-state index in [1.54, 1.807) is 17.0 Å². The number of hydrogen-bond acceptors (Lipinski definition) is 5. The van der Waals surface area contributed by atoms with Gasteiger partial charge in [-0.3, -0.25) is 9.36 Å². The van der Waals surface area contributed by atoms with Gasteiger partial charge in [-0.1, -0.05) is 18.2 Å². The maximum atomic E-state index is 11.7. The van der Waals surface area contributed by atoms with E-state index in [2.05, 4.69) is 14.5 Å². The van der Waals surface area contributed by atoms with E-state index in [1.165, 1.54) is 26.6 Å². The molecule has 0 amide bonds. The van der Waals surface area contributed by atoms with Crippen molar-refractivity contribution in [3.63, 3.8) is 0 Å². The molecule has 1 N–H and O–H groups in total. The molecule has 2 aromatic heterocycles. The Hall–Kier alpha value is -3.61. The lowest BCUT2D eigenvalue weighted by Gasteiger charge is -1.99. The summed E-state index contributed by atoms with van der Waals surface area (Å²) in [4.78, 5) is 36.4. The van der Waals surface area contributed by atoms with Crippen LogP contribution in [0.4, 0.5) is 0 Å². The number of nitrogens with zero attached hydrogens (tertiary/aromatic N) is 1. The molecule has 0 atom stereocenters. The highest BCUT2D eigenvalue weighted by atomic mass is 16.5. The second-order valence-corrected chi connectivity index (χ2v) is 5.03. The summed E-state index contributed by atoms with van der Waals surface area (Å²) in [6.45, 7) is 0. The van der Waals surface area contributed by atoms with Gasteiger partial charge in [0.25, 0.3) is 5.91 Å². The minimum Gasteiger partial charge on any atom is -0.465 e. The lowest BCUT2D eigenvalue weighted by Crippen LogP contribution is -2.08. The van der Waals surface area contributed by atoms with Gasteiger partial charge in [0.2, 0.25) is 0 Å². The fourth-order valence-corrected chi connectivity index (χ4v) is 2.12. The van der Waals surface area contributed by atoms with E-state index >= 15 is 0 Å². The van der Waals surface area contributed by atoms with Crippen molar-refractivity contribution < 1.29 is 23.9 Å². The normalized spacial score (nSPS) is 9.62. The summed E-state index contributed by atoms with van der Waals surface area (Å²) in [5.74, 6) is -1.13. The third kappa shape index (κ3) is 4.47. The van der Waals surface area contributed by atoms with Crippen molar-refractivity contribution in [2.24, 2.45) is 0 Å². The van der Waals surface area contributed by atoms with Crippen LogP contribution in [0, 0.1) is 0 Å². The molecule has 0 spiro atoms. The smallest absolute Gasteiger partial charge is 0.340 e. The molecule has 7 nitrogen and oxygen atoms in total. The van der Waals surface area contributed by atoms with Crippen molar-refractivity contribution in [2.75, 3.05) is 14.2 Å². The zero-order valence-electron chi connectivity index (χ0n) is 14.3. The minimum atomic E-state index is -0.568. The van der Waals surface area contributed by atoms with Gasteiger partial charge in [-0.15, -0.1) is 0 Å². The average Bonchev–Trinajstić information content (AvgIpc) is 3.39. The number of ether oxygens (including phenoxy) is 2. The van der Waals surface area contributed by atoms with Gasteiger partial charge in [0.1, 0.15) is 0 Å². The first-order chi connectivity index (χ1) is 12.6. The first-order valence-electron chi connectivity index (χ1n) is 7.64. The number of nitrogens with one attached hydrogen (secondary N) is 1. The maximum absolute atomic E-state index is 11.7. The maximum Gasteiger partial charge on any atom is 0.340 e. The lowest BCUT2D eigenvalue weighted by molar-refractivity contribution is 0.0556. The summed E-state index contributed by atoms with van der Waals surface area (Å²) in [5.41, 5.74) is 1.06. The Morgan fingerprint density at radius 2 is 1.31 bits per heavy atom. The van der Waals surface area contributed by atoms with Crippen molar-refractivity contribution >= 4 is 17.8 Å². The molecule has 2 heterocycles. The molecule has 0 radical (unpaired) electrons. The lowest BCUT2D eigenvalue weighted by atomic mass is 10.2. The van der Waals surface area contributed by atoms with Crippen LogP contribution in [0.1, 0.15) is 31.1 Å². The van der Waals surface area contributed by atoms with Crippen molar-refractivity contribution in [1.29, 1.82) is 0 Å². The number of H-pyrrole nitrogens is 1.